The number of piperazine rings is 1. The zero-order chi connectivity index (χ0) is 18.6. The van der Waals surface area contributed by atoms with Crippen LogP contribution in [0.2, 0.25) is 0 Å². The monoisotopic (exact) mass is 494 g/mol. The number of nitrogens with one attached hydrogen (secondary N) is 1. The number of halogens is 1. The van der Waals surface area contributed by atoms with Crippen LogP contribution in [0.1, 0.15) is 65.2 Å². The molecule has 0 unspecified atom stereocenters. The molecule has 1 heterocycles. The maximum atomic E-state index is 11.5. The Labute approximate surface area is 182 Å². The number of carbonyl (C=O) groups is 1. The lowest BCUT2D eigenvalue weighted by molar-refractivity contribution is -0.130. The Hall–Kier alpha value is -0.570. The van der Waals surface area contributed by atoms with Crippen LogP contribution in [0.4, 0.5) is 0 Å². The molecule has 2 fully saturated rings. The van der Waals surface area contributed by atoms with Gasteiger partial charge in [0.2, 0.25) is 5.91 Å². The lowest BCUT2D eigenvalue weighted by Crippen LogP contribution is -2.53. The number of rotatable bonds is 7. The molecular weight excluding hydrogens is 455 g/mol. The molecule has 0 aromatic carbocycles. The van der Waals surface area contributed by atoms with Crippen molar-refractivity contribution in [1.29, 1.82) is 0 Å². The van der Waals surface area contributed by atoms with Gasteiger partial charge in [-0.05, 0) is 32.6 Å². The largest absolute Gasteiger partial charge is 0.378 e. The fraction of sp³-hybridized carbons (Fsp3) is 0.900. The second-order valence-corrected chi connectivity index (χ2v) is 7.42. The summed E-state index contributed by atoms with van der Waals surface area (Å²) in [4.78, 5) is 20.4. The number of aliphatic imine (C=N–C) groups is 1. The molecule has 0 aromatic heterocycles. The minimum atomic E-state index is 0. The highest BCUT2D eigenvalue weighted by Gasteiger charge is 2.20. The Bertz CT molecular complexity index is 432. The van der Waals surface area contributed by atoms with Crippen LogP contribution in [0.15, 0.2) is 4.99 Å². The van der Waals surface area contributed by atoms with E-state index in [1.807, 2.05) is 4.90 Å². The summed E-state index contributed by atoms with van der Waals surface area (Å²) in [5.74, 6) is 1.15. The number of amides is 1. The maximum absolute atomic E-state index is 11.5. The Balaban J connectivity index is 0.00000364. The fourth-order valence-electron chi connectivity index (χ4n) is 3.72. The Morgan fingerprint density at radius 2 is 1.67 bits per heavy atom. The van der Waals surface area contributed by atoms with Gasteiger partial charge in [0.25, 0.3) is 0 Å². The Morgan fingerprint density at radius 1 is 1.04 bits per heavy atom. The van der Waals surface area contributed by atoms with E-state index in [4.69, 9.17) is 9.73 Å². The van der Waals surface area contributed by atoms with Crippen LogP contribution in [-0.2, 0) is 9.53 Å². The molecule has 1 saturated heterocycles. The lowest BCUT2D eigenvalue weighted by Gasteiger charge is -2.36. The molecule has 0 bridgehead atoms. The topological polar surface area (TPSA) is 57.2 Å². The average molecular weight is 494 g/mol. The van der Waals surface area contributed by atoms with Gasteiger partial charge in [0.05, 0.1) is 6.10 Å². The van der Waals surface area contributed by atoms with Gasteiger partial charge in [-0.3, -0.25) is 9.79 Å². The van der Waals surface area contributed by atoms with Crippen LogP contribution in [0.25, 0.3) is 0 Å². The SMILES string of the molecule is CCNC(=NCCCCOC1CCCCCC1)N1CCN(C(C)=O)CC1.I. The predicted octanol–water partition coefficient (Wildman–Crippen LogP) is 3.25. The third kappa shape index (κ3) is 9.45. The average Bonchev–Trinajstić information content (AvgIpc) is 2.92. The minimum Gasteiger partial charge on any atom is -0.378 e. The molecule has 6 nitrogen and oxygen atoms in total. The van der Waals surface area contributed by atoms with Gasteiger partial charge in [0.15, 0.2) is 5.96 Å². The van der Waals surface area contributed by atoms with Crippen LogP contribution in [0.3, 0.4) is 0 Å². The van der Waals surface area contributed by atoms with Gasteiger partial charge in [-0.1, -0.05) is 25.7 Å². The second-order valence-electron chi connectivity index (χ2n) is 7.42. The van der Waals surface area contributed by atoms with Gasteiger partial charge in [0, 0.05) is 52.8 Å². The summed E-state index contributed by atoms with van der Waals surface area (Å²) in [6, 6.07) is 0. The van der Waals surface area contributed by atoms with Crippen LogP contribution in [-0.4, -0.2) is 73.6 Å². The molecule has 0 radical (unpaired) electrons. The van der Waals surface area contributed by atoms with Crippen molar-refractivity contribution in [1.82, 2.24) is 15.1 Å². The van der Waals surface area contributed by atoms with Crippen molar-refractivity contribution in [2.45, 2.75) is 71.3 Å². The number of carbonyl (C=O) groups excluding carboxylic acids is 1. The Kier molecular flexibility index (Phi) is 13.1. The van der Waals surface area contributed by atoms with E-state index < -0.39 is 0 Å². The first-order valence-corrected chi connectivity index (χ1v) is 10.6. The van der Waals surface area contributed by atoms with Gasteiger partial charge >= 0.3 is 0 Å². The lowest BCUT2D eigenvalue weighted by atomic mass is 10.1. The third-order valence-corrected chi connectivity index (χ3v) is 5.33. The smallest absolute Gasteiger partial charge is 0.219 e. The number of guanidine groups is 1. The van der Waals surface area contributed by atoms with E-state index in [1.165, 1.54) is 38.5 Å². The molecule has 1 aliphatic heterocycles. The van der Waals surface area contributed by atoms with Crippen molar-refractivity contribution < 1.29 is 9.53 Å². The van der Waals surface area contributed by atoms with Crippen LogP contribution >= 0.6 is 24.0 Å². The van der Waals surface area contributed by atoms with E-state index in [0.29, 0.717) is 6.10 Å². The first-order valence-electron chi connectivity index (χ1n) is 10.6. The summed E-state index contributed by atoms with van der Waals surface area (Å²) in [5, 5.41) is 3.39. The molecule has 0 atom stereocenters. The van der Waals surface area contributed by atoms with Gasteiger partial charge in [-0.15, -0.1) is 24.0 Å². The molecule has 0 aromatic rings. The van der Waals surface area contributed by atoms with E-state index in [9.17, 15) is 4.79 Å². The van der Waals surface area contributed by atoms with Crippen molar-refractivity contribution in [2.75, 3.05) is 45.9 Å². The quantitative estimate of drug-likeness (QED) is 0.194. The van der Waals surface area contributed by atoms with Crippen LogP contribution in [0.5, 0.6) is 0 Å². The summed E-state index contributed by atoms with van der Waals surface area (Å²) < 4.78 is 6.06. The molecule has 2 rings (SSSR count). The van der Waals surface area contributed by atoms with Crippen molar-refractivity contribution in [3.63, 3.8) is 0 Å². The van der Waals surface area contributed by atoms with Crippen molar-refractivity contribution in [3.05, 3.63) is 0 Å². The van der Waals surface area contributed by atoms with Crippen LogP contribution < -0.4 is 5.32 Å². The summed E-state index contributed by atoms with van der Waals surface area (Å²) in [6.45, 7) is 9.61. The third-order valence-electron chi connectivity index (χ3n) is 5.33. The summed E-state index contributed by atoms with van der Waals surface area (Å²) >= 11 is 0. The summed E-state index contributed by atoms with van der Waals surface area (Å²) in [6.07, 6.45) is 10.5. The first kappa shape index (κ1) is 24.5. The normalized spacial score (nSPS) is 19.4. The predicted molar refractivity (Wildman–Crippen MR) is 122 cm³/mol. The van der Waals surface area contributed by atoms with Gasteiger partial charge in [0.1, 0.15) is 0 Å². The minimum absolute atomic E-state index is 0. The van der Waals surface area contributed by atoms with Gasteiger partial charge < -0.3 is 19.9 Å². The number of hydrogen-bond acceptors (Lipinski definition) is 3. The summed E-state index contributed by atoms with van der Waals surface area (Å²) in [5.41, 5.74) is 0. The number of nitrogens with zero attached hydrogens (tertiary/aromatic N) is 3. The van der Waals surface area contributed by atoms with Crippen LogP contribution in [0, 0.1) is 0 Å². The zero-order valence-electron chi connectivity index (χ0n) is 17.3. The molecule has 7 heteroatoms. The van der Waals surface area contributed by atoms with E-state index >= 15 is 0 Å². The van der Waals surface area contributed by atoms with E-state index in [1.54, 1.807) is 6.92 Å². The molecule has 158 valence electrons. The number of ether oxygens (including phenoxy) is 1. The van der Waals surface area contributed by atoms with Crippen molar-refractivity contribution in [2.24, 2.45) is 4.99 Å². The Morgan fingerprint density at radius 3 is 2.26 bits per heavy atom. The van der Waals surface area contributed by atoms with E-state index in [0.717, 1.165) is 64.7 Å². The van der Waals surface area contributed by atoms with E-state index in [2.05, 4.69) is 17.1 Å². The van der Waals surface area contributed by atoms with Gasteiger partial charge in [-0.2, -0.15) is 0 Å². The highest BCUT2D eigenvalue weighted by molar-refractivity contribution is 14.0. The standard InChI is InChI=1S/C20H38N4O2.HI/c1-3-21-20(24-15-13-23(14-16-24)18(2)25)22-12-8-9-17-26-19-10-6-4-5-7-11-19;/h19H,3-17H2,1-2H3,(H,21,22);1H. The van der Waals surface area contributed by atoms with Crippen molar-refractivity contribution in [3.8, 4) is 0 Å². The molecule has 0 spiro atoms. The van der Waals surface area contributed by atoms with Gasteiger partial charge in [-0.25, -0.2) is 0 Å². The molecular formula is C20H39IN4O2. The molecule has 27 heavy (non-hydrogen) atoms. The zero-order valence-corrected chi connectivity index (χ0v) is 19.6. The number of unbranched alkanes of at least 4 members (excludes halogenated alkanes) is 1. The number of hydrogen-bond donors (Lipinski definition) is 1. The first-order chi connectivity index (χ1) is 12.7. The molecule has 1 aliphatic carbocycles. The molecule has 1 saturated carbocycles. The highest BCUT2D eigenvalue weighted by Crippen LogP contribution is 2.19. The van der Waals surface area contributed by atoms with Crippen molar-refractivity contribution >= 4 is 35.8 Å². The maximum Gasteiger partial charge on any atom is 0.219 e. The van der Waals surface area contributed by atoms with E-state index in [-0.39, 0.29) is 29.9 Å². The highest BCUT2D eigenvalue weighted by atomic mass is 127. The molecule has 2 aliphatic rings. The molecule has 1 N–H and O–H groups in total. The fourth-order valence-corrected chi connectivity index (χ4v) is 3.72. The summed E-state index contributed by atoms with van der Waals surface area (Å²) in [7, 11) is 0. The molecule has 1 amide bonds. The second kappa shape index (κ2) is 14.4.